The van der Waals surface area contributed by atoms with Crippen molar-refractivity contribution in [1.29, 1.82) is 0 Å². The molecule has 0 aliphatic rings. The molecule has 0 aliphatic carbocycles. The van der Waals surface area contributed by atoms with Crippen LogP contribution >= 0.6 is 0 Å². The monoisotopic (exact) mass is 208 g/mol. The Balaban J connectivity index is 2.77. The molecule has 0 N–H and O–H groups in total. The third-order valence-electron chi connectivity index (χ3n) is 2.42. The number of benzene rings is 1. The Morgan fingerprint density at radius 1 is 1.00 bits per heavy atom. The summed E-state index contributed by atoms with van der Waals surface area (Å²) in [4.78, 5) is 0. The minimum atomic E-state index is 0.724. The summed E-state index contributed by atoms with van der Waals surface area (Å²) in [7, 11) is 3.36. The van der Waals surface area contributed by atoms with E-state index in [1.807, 2.05) is 6.07 Å². The van der Waals surface area contributed by atoms with Crippen molar-refractivity contribution in [1.82, 2.24) is 0 Å². The van der Waals surface area contributed by atoms with Gasteiger partial charge in [0.2, 0.25) is 0 Å². The smallest absolute Gasteiger partial charge is 0.122 e. The van der Waals surface area contributed by atoms with E-state index in [2.05, 4.69) is 26.0 Å². The minimum Gasteiger partial charge on any atom is -0.497 e. The standard InChI is InChI=1S/C13H20O2/c1-10(2)5-6-11-7-12(14-3)9-13(8-11)15-4/h7-10H,5-6H2,1-4H3. The molecule has 1 aromatic rings. The van der Waals surface area contributed by atoms with Crippen LogP contribution in [0.3, 0.4) is 0 Å². The zero-order valence-electron chi connectivity index (χ0n) is 10.0. The maximum Gasteiger partial charge on any atom is 0.122 e. The molecule has 84 valence electrons. The Morgan fingerprint density at radius 3 is 1.93 bits per heavy atom. The van der Waals surface area contributed by atoms with Crippen LogP contribution in [0.15, 0.2) is 18.2 Å². The third kappa shape index (κ3) is 3.82. The van der Waals surface area contributed by atoms with Crippen LogP contribution in [0, 0.1) is 5.92 Å². The van der Waals surface area contributed by atoms with Crippen molar-refractivity contribution in [3.8, 4) is 11.5 Å². The van der Waals surface area contributed by atoms with E-state index in [9.17, 15) is 0 Å². The second-order valence-corrected chi connectivity index (χ2v) is 4.15. The molecule has 0 fully saturated rings. The average molecular weight is 208 g/mol. The quantitative estimate of drug-likeness (QED) is 0.739. The van der Waals surface area contributed by atoms with Crippen LogP contribution in [0.25, 0.3) is 0 Å². The van der Waals surface area contributed by atoms with E-state index in [1.54, 1.807) is 14.2 Å². The van der Waals surface area contributed by atoms with Crippen molar-refractivity contribution < 1.29 is 9.47 Å². The molecule has 2 nitrogen and oxygen atoms in total. The van der Waals surface area contributed by atoms with Gasteiger partial charge >= 0.3 is 0 Å². The second kappa shape index (κ2) is 5.64. The number of rotatable bonds is 5. The molecule has 0 aromatic heterocycles. The highest BCUT2D eigenvalue weighted by Gasteiger charge is 2.02. The number of methoxy groups -OCH3 is 2. The zero-order chi connectivity index (χ0) is 11.3. The van der Waals surface area contributed by atoms with Crippen LogP contribution in [-0.2, 0) is 6.42 Å². The normalized spacial score (nSPS) is 10.5. The lowest BCUT2D eigenvalue weighted by molar-refractivity contribution is 0.393. The highest BCUT2D eigenvalue weighted by molar-refractivity contribution is 5.38. The van der Waals surface area contributed by atoms with Crippen LogP contribution in [-0.4, -0.2) is 14.2 Å². The summed E-state index contributed by atoms with van der Waals surface area (Å²) >= 11 is 0. The Morgan fingerprint density at radius 2 is 1.53 bits per heavy atom. The Kier molecular flexibility index (Phi) is 4.47. The van der Waals surface area contributed by atoms with Gasteiger partial charge in [0.1, 0.15) is 11.5 Å². The molecule has 0 spiro atoms. The molecule has 15 heavy (non-hydrogen) atoms. The van der Waals surface area contributed by atoms with E-state index in [-0.39, 0.29) is 0 Å². The summed E-state index contributed by atoms with van der Waals surface area (Å²) in [6.07, 6.45) is 2.27. The van der Waals surface area contributed by atoms with E-state index in [4.69, 9.17) is 9.47 Å². The van der Waals surface area contributed by atoms with Gasteiger partial charge in [-0.05, 0) is 36.5 Å². The lowest BCUT2D eigenvalue weighted by Crippen LogP contribution is -1.94. The molecule has 1 aromatic carbocycles. The number of hydrogen-bond donors (Lipinski definition) is 0. The molecule has 2 heteroatoms. The summed E-state index contributed by atoms with van der Waals surface area (Å²) < 4.78 is 10.4. The van der Waals surface area contributed by atoms with Crippen molar-refractivity contribution in [2.75, 3.05) is 14.2 Å². The van der Waals surface area contributed by atoms with Gasteiger partial charge in [-0.3, -0.25) is 0 Å². The number of aryl methyl sites for hydroxylation is 1. The molecule has 0 atom stereocenters. The largest absolute Gasteiger partial charge is 0.497 e. The van der Waals surface area contributed by atoms with Crippen LogP contribution in [0.4, 0.5) is 0 Å². The average Bonchev–Trinajstić information content (AvgIpc) is 2.25. The van der Waals surface area contributed by atoms with E-state index in [1.165, 1.54) is 12.0 Å². The summed E-state index contributed by atoms with van der Waals surface area (Å²) in [6, 6.07) is 6.05. The zero-order valence-corrected chi connectivity index (χ0v) is 10.0. The van der Waals surface area contributed by atoms with E-state index >= 15 is 0 Å². The molecule has 1 rings (SSSR count). The number of ether oxygens (including phenoxy) is 2. The molecule has 0 unspecified atom stereocenters. The van der Waals surface area contributed by atoms with Crippen LogP contribution < -0.4 is 9.47 Å². The predicted octanol–water partition coefficient (Wildman–Crippen LogP) is 3.29. The van der Waals surface area contributed by atoms with Crippen LogP contribution in [0.1, 0.15) is 25.8 Å². The summed E-state index contributed by atoms with van der Waals surface area (Å²) in [5.74, 6) is 2.46. The van der Waals surface area contributed by atoms with Crippen LogP contribution in [0.5, 0.6) is 11.5 Å². The summed E-state index contributed by atoms with van der Waals surface area (Å²) in [5.41, 5.74) is 1.28. The molecule has 0 saturated carbocycles. The molecule has 0 bridgehead atoms. The van der Waals surface area contributed by atoms with Crippen molar-refractivity contribution in [3.63, 3.8) is 0 Å². The van der Waals surface area contributed by atoms with Crippen molar-refractivity contribution >= 4 is 0 Å². The molecule has 0 amide bonds. The molecule has 0 radical (unpaired) electrons. The highest BCUT2D eigenvalue weighted by atomic mass is 16.5. The first-order chi connectivity index (χ1) is 7.15. The van der Waals surface area contributed by atoms with Gasteiger partial charge in [-0.15, -0.1) is 0 Å². The van der Waals surface area contributed by atoms with Gasteiger partial charge in [0.15, 0.2) is 0 Å². The van der Waals surface area contributed by atoms with Crippen molar-refractivity contribution in [3.05, 3.63) is 23.8 Å². The van der Waals surface area contributed by atoms with E-state index < -0.39 is 0 Å². The third-order valence-corrected chi connectivity index (χ3v) is 2.42. The maximum atomic E-state index is 5.22. The fraction of sp³-hybridized carbons (Fsp3) is 0.538. The first kappa shape index (κ1) is 11.9. The molecule has 0 aliphatic heterocycles. The van der Waals surface area contributed by atoms with Gasteiger partial charge in [-0.2, -0.15) is 0 Å². The summed E-state index contributed by atoms with van der Waals surface area (Å²) in [6.45, 7) is 4.47. The number of hydrogen-bond acceptors (Lipinski definition) is 2. The van der Waals surface area contributed by atoms with Crippen molar-refractivity contribution in [2.24, 2.45) is 5.92 Å². The first-order valence-electron chi connectivity index (χ1n) is 5.37. The van der Waals surface area contributed by atoms with Gasteiger partial charge in [0.05, 0.1) is 14.2 Å². The highest BCUT2D eigenvalue weighted by Crippen LogP contribution is 2.23. The maximum absolute atomic E-state index is 5.22. The molecular weight excluding hydrogens is 188 g/mol. The van der Waals surface area contributed by atoms with Crippen molar-refractivity contribution in [2.45, 2.75) is 26.7 Å². The van der Waals surface area contributed by atoms with E-state index in [0.29, 0.717) is 0 Å². The SMILES string of the molecule is COc1cc(CCC(C)C)cc(OC)c1. The molecular formula is C13H20O2. The lowest BCUT2D eigenvalue weighted by atomic mass is 10.0. The van der Waals surface area contributed by atoms with Gasteiger partial charge in [-0.1, -0.05) is 13.8 Å². The van der Waals surface area contributed by atoms with Gasteiger partial charge in [0, 0.05) is 6.07 Å². The fourth-order valence-electron chi connectivity index (χ4n) is 1.47. The van der Waals surface area contributed by atoms with Gasteiger partial charge in [0.25, 0.3) is 0 Å². The Labute approximate surface area is 92.2 Å². The Hall–Kier alpha value is -1.18. The summed E-state index contributed by atoms with van der Waals surface area (Å²) in [5, 5.41) is 0. The minimum absolute atomic E-state index is 0.724. The topological polar surface area (TPSA) is 18.5 Å². The van der Waals surface area contributed by atoms with Gasteiger partial charge < -0.3 is 9.47 Å². The lowest BCUT2D eigenvalue weighted by Gasteiger charge is -2.09. The molecule has 0 heterocycles. The molecule has 0 saturated heterocycles. The first-order valence-corrected chi connectivity index (χ1v) is 5.37. The van der Waals surface area contributed by atoms with Gasteiger partial charge in [-0.25, -0.2) is 0 Å². The Bertz CT molecular complexity index is 283. The van der Waals surface area contributed by atoms with E-state index in [0.717, 1.165) is 23.8 Å². The fourth-order valence-corrected chi connectivity index (χ4v) is 1.47. The second-order valence-electron chi connectivity index (χ2n) is 4.15. The van der Waals surface area contributed by atoms with Crippen LogP contribution in [0.2, 0.25) is 0 Å². The predicted molar refractivity (Wildman–Crippen MR) is 62.7 cm³/mol.